The topological polar surface area (TPSA) is 34.5 Å². The van der Waals surface area contributed by atoms with E-state index in [1.54, 1.807) is 0 Å². The number of hydrogen-bond acceptors (Lipinski definition) is 4. The Balaban J connectivity index is 1.19. The van der Waals surface area contributed by atoms with Gasteiger partial charge in [-0.2, -0.15) is 0 Å². The Morgan fingerprint density at radius 3 is 2.10 bits per heavy atom. The summed E-state index contributed by atoms with van der Waals surface area (Å²) in [4.78, 5) is 2.67. The average molecular weight is 897 g/mol. The monoisotopic (exact) mass is 896 g/mol. The molecule has 328 valence electrons. The molecule has 0 fully saturated rings. The minimum absolute atomic E-state index is 0.0102. The van der Waals surface area contributed by atoms with Gasteiger partial charge in [0.2, 0.25) is 0 Å². The Bertz CT molecular complexity index is 4190. The van der Waals surface area contributed by atoms with Gasteiger partial charge in [-0.25, -0.2) is 0 Å². The Morgan fingerprint density at radius 2 is 1.32 bits per heavy atom. The van der Waals surface area contributed by atoms with Crippen molar-refractivity contribution in [3.05, 3.63) is 162 Å². The lowest BCUT2D eigenvalue weighted by molar-refractivity contribution is 0.332. The number of anilines is 2. The van der Waals surface area contributed by atoms with Gasteiger partial charge in [-0.15, -0.1) is 11.3 Å². The second-order valence-electron chi connectivity index (χ2n) is 22.3. The van der Waals surface area contributed by atoms with E-state index in [1.807, 2.05) is 17.6 Å². The maximum Gasteiger partial charge on any atom is 0.333 e. The lowest BCUT2D eigenvalue weighted by Crippen LogP contribution is -2.60. The number of benzene rings is 8. The lowest BCUT2D eigenvalue weighted by atomic mass is 9.43. The molecule has 68 heavy (non-hydrogen) atoms. The van der Waals surface area contributed by atoms with Crippen molar-refractivity contribution in [2.75, 3.05) is 4.81 Å². The maximum atomic E-state index is 7.35. The molecule has 6 heteroatoms. The zero-order valence-corrected chi connectivity index (χ0v) is 40.3. The van der Waals surface area contributed by atoms with Crippen molar-refractivity contribution in [3.63, 3.8) is 0 Å². The van der Waals surface area contributed by atoms with Crippen molar-refractivity contribution in [1.29, 1.82) is 0 Å². The minimum Gasteiger partial charge on any atom is -0.464 e. The van der Waals surface area contributed by atoms with Crippen molar-refractivity contribution in [2.24, 2.45) is 0 Å². The number of thiophene rings is 1. The summed E-state index contributed by atoms with van der Waals surface area (Å²) in [5.41, 5.74) is 20.4. The van der Waals surface area contributed by atoms with E-state index in [0.717, 1.165) is 51.5 Å². The van der Waals surface area contributed by atoms with Crippen LogP contribution >= 0.6 is 11.3 Å². The number of para-hydroxylation sites is 1. The van der Waals surface area contributed by atoms with Gasteiger partial charge < -0.3 is 18.2 Å². The minimum atomic E-state index is -0.200. The van der Waals surface area contributed by atoms with Crippen LogP contribution in [-0.2, 0) is 16.2 Å². The number of fused-ring (bicyclic) bond motifs is 18. The van der Waals surface area contributed by atoms with Crippen LogP contribution in [0.15, 0.2) is 155 Å². The number of furan rings is 2. The summed E-state index contributed by atoms with van der Waals surface area (Å²) in [6.07, 6.45) is 4.25. The molecule has 0 spiro atoms. The highest BCUT2D eigenvalue weighted by Gasteiger charge is 2.47. The highest BCUT2D eigenvalue weighted by atomic mass is 32.1. The third kappa shape index (κ3) is 5.01. The summed E-state index contributed by atoms with van der Waals surface area (Å²) in [6.45, 7) is 16.5. The van der Waals surface area contributed by atoms with Gasteiger partial charge in [0.25, 0.3) is 0 Å². The lowest BCUT2D eigenvalue weighted by Gasteiger charge is -2.42. The van der Waals surface area contributed by atoms with E-state index in [0.29, 0.717) is 0 Å². The molecular weight excluding hydrogens is 848 g/mol. The summed E-state index contributed by atoms with van der Waals surface area (Å²) in [7, 11) is 0. The van der Waals surface area contributed by atoms with Gasteiger partial charge in [0.15, 0.2) is 0 Å². The van der Waals surface area contributed by atoms with E-state index >= 15 is 0 Å². The van der Waals surface area contributed by atoms with Crippen molar-refractivity contribution in [2.45, 2.75) is 77.6 Å². The predicted molar refractivity (Wildman–Crippen MR) is 289 cm³/mol. The zero-order chi connectivity index (χ0) is 45.7. The normalized spacial score (nSPS) is 15.9. The van der Waals surface area contributed by atoms with Crippen LogP contribution < -0.4 is 15.7 Å². The fourth-order valence-electron chi connectivity index (χ4n) is 12.8. The predicted octanol–water partition coefficient (Wildman–Crippen LogP) is 16.3. The van der Waals surface area contributed by atoms with Crippen LogP contribution in [0.5, 0.6) is 0 Å². The molecule has 0 atom stereocenters. The maximum absolute atomic E-state index is 7.35. The molecule has 4 nitrogen and oxygen atoms in total. The van der Waals surface area contributed by atoms with Crippen LogP contribution in [0.2, 0.25) is 0 Å². The Hall–Kier alpha value is -7.02. The van der Waals surface area contributed by atoms with Gasteiger partial charge in [0.05, 0.1) is 22.7 Å². The zero-order valence-electron chi connectivity index (χ0n) is 39.5. The first-order valence-corrected chi connectivity index (χ1v) is 25.1. The summed E-state index contributed by atoms with van der Waals surface area (Å²) in [6, 6.07) is 52.8. The van der Waals surface area contributed by atoms with E-state index in [9.17, 15) is 0 Å². The first kappa shape index (κ1) is 39.0. The van der Waals surface area contributed by atoms with Crippen molar-refractivity contribution in [3.8, 4) is 27.9 Å². The third-order valence-corrected chi connectivity index (χ3v) is 17.6. The molecule has 0 amide bonds. The number of aromatic nitrogens is 1. The highest BCUT2D eigenvalue weighted by Crippen LogP contribution is 2.55. The second kappa shape index (κ2) is 12.9. The SMILES string of the molecule is CC(C)(C)c1ccc(N2B3c4cc5occ(-c6ccccc6)c5cc4-n4c5cc6c(cc5c5c7oc8ccccc8c7c(c3c54)-c3cc4c(cc32)sc2ccccc24)C(C)(C)CCC6(C)C)cc1. The number of rotatable bonds is 2. The number of nitrogens with zero attached hydrogens (tertiary/aromatic N) is 2. The fourth-order valence-corrected chi connectivity index (χ4v) is 13.9. The second-order valence-corrected chi connectivity index (χ2v) is 23.4. The first-order valence-electron chi connectivity index (χ1n) is 24.3. The van der Waals surface area contributed by atoms with Gasteiger partial charge in [-0.3, -0.25) is 0 Å². The quantitative estimate of drug-likeness (QED) is 0.162. The van der Waals surface area contributed by atoms with Gasteiger partial charge in [0, 0.05) is 69.9 Å². The molecule has 8 aromatic carbocycles. The van der Waals surface area contributed by atoms with Crippen LogP contribution in [0.25, 0.3) is 103 Å². The largest absolute Gasteiger partial charge is 0.464 e. The van der Waals surface area contributed by atoms with Crippen LogP contribution in [0.4, 0.5) is 11.4 Å². The molecule has 15 rings (SSSR count). The molecule has 3 aliphatic rings. The first-order chi connectivity index (χ1) is 32.8. The standard InChI is InChI=1S/C62H49BN2O2S/c1-60(2,3)35-21-23-36(24-22-35)65-48-32-53-40(37-17-12-14-20-52(37)68-53)27-41(48)54-55-38-18-11-13-19-50(38)67-59(55)56-42-28-44-45(62(6,7)26-25-61(44,4)5)30-47(42)64-49-29-39-43(34-15-9-8-10-16-34)33-66-51(39)31-46(49)63(65)57(54)58(56)64/h8-24,27-33H,25-26H2,1-7H3. The smallest absolute Gasteiger partial charge is 0.333 e. The van der Waals surface area contributed by atoms with E-state index in [4.69, 9.17) is 8.83 Å². The molecule has 1 aliphatic carbocycles. The Labute approximate surface area is 399 Å². The molecule has 12 aromatic rings. The van der Waals surface area contributed by atoms with E-state index in [-0.39, 0.29) is 23.1 Å². The van der Waals surface area contributed by atoms with Gasteiger partial charge >= 0.3 is 6.85 Å². The van der Waals surface area contributed by atoms with E-state index < -0.39 is 0 Å². The summed E-state index contributed by atoms with van der Waals surface area (Å²) < 4.78 is 19.3. The van der Waals surface area contributed by atoms with Crippen molar-refractivity contribution < 1.29 is 8.83 Å². The highest BCUT2D eigenvalue weighted by molar-refractivity contribution is 7.25. The molecule has 2 aliphatic heterocycles. The molecule has 0 bridgehead atoms. The third-order valence-electron chi connectivity index (χ3n) is 16.4. The average Bonchev–Trinajstić information content (AvgIpc) is 4.11. The molecule has 0 saturated carbocycles. The van der Waals surface area contributed by atoms with Crippen LogP contribution in [0.3, 0.4) is 0 Å². The number of hydrogen-bond donors (Lipinski definition) is 0. The van der Waals surface area contributed by atoms with E-state index in [1.165, 1.54) is 103 Å². The molecule has 0 radical (unpaired) electrons. The van der Waals surface area contributed by atoms with Crippen LogP contribution in [-0.4, -0.2) is 11.4 Å². The summed E-state index contributed by atoms with van der Waals surface area (Å²) >= 11 is 1.89. The Morgan fingerprint density at radius 1 is 0.603 bits per heavy atom. The van der Waals surface area contributed by atoms with Crippen molar-refractivity contribution in [1.82, 2.24) is 4.57 Å². The van der Waals surface area contributed by atoms with Crippen LogP contribution in [0.1, 0.15) is 78.0 Å². The molecule has 6 heterocycles. The van der Waals surface area contributed by atoms with Gasteiger partial charge in [0.1, 0.15) is 16.7 Å². The molecule has 0 N–H and O–H groups in total. The Kier molecular flexibility index (Phi) is 7.43. The van der Waals surface area contributed by atoms with Gasteiger partial charge in [-0.1, -0.05) is 127 Å². The van der Waals surface area contributed by atoms with Crippen LogP contribution in [0, 0.1) is 0 Å². The molecular formula is C62H49BN2O2S. The van der Waals surface area contributed by atoms with E-state index in [2.05, 4.69) is 197 Å². The summed E-state index contributed by atoms with van der Waals surface area (Å²) in [5, 5.41) is 8.50. The van der Waals surface area contributed by atoms with Crippen molar-refractivity contribution >= 4 is 115 Å². The van der Waals surface area contributed by atoms with Gasteiger partial charge in [-0.05, 0) is 128 Å². The molecule has 0 unspecified atom stereocenters. The fraction of sp³-hybridized carbons (Fsp3) is 0.194. The molecule has 0 saturated heterocycles. The summed E-state index contributed by atoms with van der Waals surface area (Å²) in [5.74, 6) is 0. The molecule has 4 aromatic heterocycles.